The zero-order chi connectivity index (χ0) is 11.1. The van der Waals surface area contributed by atoms with Gasteiger partial charge in [-0.2, -0.15) is 5.10 Å². The van der Waals surface area contributed by atoms with Crippen LogP contribution in [0.2, 0.25) is 0 Å². The van der Waals surface area contributed by atoms with E-state index < -0.39 is 0 Å². The number of nitrogens with one attached hydrogen (secondary N) is 1. The van der Waals surface area contributed by atoms with E-state index in [1.807, 2.05) is 6.07 Å². The molecule has 0 atom stereocenters. The summed E-state index contributed by atoms with van der Waals surface area (Å²) >= 11 is 0. The van der Waals surface area contributed by atoms with E-state index in [9.17, 15) is 4.79 Å². The van der Waals surface area contributed by atoms with Gasteiger partial charge in [0, 0.05) is 23.2 Å². The Bertz CT molecular complexity index is 556. The Hall–Kier alpha value is -1.91. The second-order valence-corrected chi connectivity index (χ2v) is 4.25. The first kappa shape index (κ1) is 9.33. The number of nitrogens with zero attached hydrogens (tertiary/aromatic N) is 2. The molecule has 82 valence electrons. The molecule has 0 aromatic carbocycles. The summed E-state index contributed by atoms with van der Waals surface area (Å²) < 4.78 is 0. The van der Waals surface area contributed by atoms with Gasteiger partial charge in [0.25, 0.3) is 0 Å². The summed E-state index contributed by atoms with van der Waals surface area (Å²) in [5, 5.41) is 8.35. The molecule has 2 aromatic heterocycles. The molecule has 0 radical (unpaired) electrons. The van der Waals surface area contributed by atoms with Crippen LogP contribution in [0.1, 0.15) is 30.1 Å². The molecular formula is C11H12N4O. The zero-order valence-electron chi connectivity index (χ0n) is 8.73. The molecule has 3 rings (SSSR count). The van der Waals surface area contributed by atoms with Crippen LogP contribution in [0.25, 0.3) is 10.9 Å². The van der Waals surface area contributed by atoms with Crippen molar-refractivity contribution in [3.63, 3.8) is 0 Å². The van der Waals surface area contributed by atoms with Gasteiger partial charge in [-0.25, -0.2) is 0 Å². The monoisotopic (exact) mass is 216 g/mol. The molecule has 16 heavy (non-hydrogen) atoms. The molecule has 0 saturated heterocycles. The quantitative estimate of drug-likeness (QED) is 0.798. The highest BCUT2D eigenvalue weighted by Gasteiger charge is 2.27. The first-order valence-electron chi connectivity index (χ1n) is 5.35. The summed E-state index contributed by atoms with van der Waals surface area (Å²) in [6.07, 6.45) is 4.40. The normalized spacial score (nSPS) is 15.5. The van der Waals surface area contributed by atoms with Crippen molar-refractivity contribution in [3.8, 4) is 0 Å². The van der Waals surface area contributed by atoms with E-state index in [0.29, 0.717) is 11.6 Å². The summed E-state index contributed by atoms with van der Waals surface area (Å²) in [5.74, 6) is 0.249. The minimum Gasteiger partial charge on any atom is -0.369 e. The molecule has 1 saturated carbocycles. The van der Waals surface area contributed by atoms with Crippen LogP contribution in [0.15, 0.2) is 12.3 Å². The number of hydrogen-bond acceptors (Lipinski definition) is 3. The fourth-order valence-electron chi connectivity index (χ4n) is 1.93. The fourth-order valence-corrected chi connectivity index (χ4v) is 1.93. The Morgan fingerprint density at radius 1 is 1.56 bits per heavy atom. The van der Waals surface area contributed by atoms with Gasteiger partial charge in [-0.3, -0.25) is 14.9 Å². The lowest BCUT2D eigenvalue weighted by Gasteiger charge is -1.97. The number of primary amides is 1. The molecular weight excluding hydrogens is 204 g/mol. The van der Waals surface area contributed by atoms with Gasteiger partial charge in [0.2, 0.25) is 5.91 Å². The molecule has 2 heterocycles. The van der Waals surface area contributed by atoms with E-state index in [1.165, 1.54) is 18.5 Å². The molecule has 1 aliphatic rings. The number of carbonyl (C=O) groups excluding carboxylic acids is 1. The van der Waals surface area contributed by atoms with Crippen molar-refractivity contribution in [2.75, 3.05) is 0 Å². The smallest absolute Gasteiger partial charge is 0.223 e. The minimum atomic E-state index is -0.371. The SMILES string of the molecule is NC(=O)Cc1cc2n[nH]c(C3CC3)c2cn1. The largest absolute Gasteiger partial charge is 0.369 e. The number of nitrogens with two attached hydrogens (primary N) is 1. The third-order valence-corrected chi connectivity index (χ3v) is 2.87. The number of rotatable bonds is 3. The maximum atomic E-state index is 10.8. The van der Waals surface area contributed by atoms with Crippen molar-refractivity contribution in [2.45, 2.75) is 25.2 Å². The number of H-pyrrole nitrogens is 1. The molecule has 0 spiro atoms. The highest BCUT2D eigenvalue weighted by Crippen LogP contribution is 2.41. The van der Waals surface area contributed by atoms with Gasteiger partial charge in [0.1, 0.15) is 0 Å². The van der Waals surface area contributed by atoms with Crippen LogP contribution in [0.5, 0.6) is 0 Å². The molecule has 0 bridgehead atoms. The van der Waals surface area contributed by atoms with Gasteiger partial charge in [0.05, 0.1) is 17.6 Å². The predicted octanol–water partition coefficient (Wildman–Crippen LogP) is 0.863. The zero-order valence-corrected chi connectivity index (χ0v) is 8.73. The first-order valence-corrected chi connectivity index (χ1v) is 5.35. The molecule has 0 unspecified atom stereocenters. The predicted molar refractivity (Wildman–Crippen MR) is 58.8 cm³/mol. The number of carbonyl (C=O) groups is 1. The number of aromatic nitrogens is 3. The molecule has 3 N–H and O–H groups in total. The van der Waals surface area contributed by atoms with Crippen molar-refractivity contribution in [2.24, 2.45) is 5.73 Å². The molecule has 5 nitrogen and oxygen atoms in total. The second kappa shape index (κ2) is 3.30. The number of aromatic amines is 1. The molecule has 1 aliphatic carbocycles. The first-order chi connectivity index (χ1) is 7.74. The Balaban J connectivity index is 2.02. The van der Waals surface area contributed by atoms with Crippen molar-refractivity contribution >= 4 is 16.8 Å². The van der Waals surface area contributed by atoms with Gasteiger partial charge < -0.3 is 5.73 Å². The summed E-state index contributed by atoms with van der Waals surface area (Å²) in [6.45, 7) is 0. The number of fused-ring (bicyclic) bond motifs is 1. The van der Waals surface area contributed by atoms with Crippen LogP contribution in [-0.2, 0) is 11.2 Å². The van der Waals surface area contributed by atoms with Gasteiger partial charge in [-0.1, -0.05) is 0 Å². The Labute approximate surface area is 92.1 Å². The molecule has 1 fully saturated rings. The Kier molecular flexibility index (Phi) is 1.92. The number of pyridine rings is 1. The van der Waals surface area contributed by atoms with E-state index in [0.717, 1.165) is 10.9 Å². The molecule has 5 heteroatoms. The summed E-state index contributed by atoms with van der Waals surface area (Å²) in [6, 6.07) is 1.82. The fraction of sp³-hybridized carbons (Fsp3) is 0.364. The highest BCUT2D eigenvalue weighted by atomic mass is 16.1. The standard InChI is InChI=1S/C11H12N4O/c12-10(16)4-7-3-9-8(5-13-7)11(15-14-9)6-1-2-6/h3,5-6H,1-2,4H2,(H2,12,16)(H,14,15). The highest BCUT2D eigenvalue weighted by molar-refractivity contribution is 5.83. The van der Waals surface area contributed by atoms with Crippen LogP contribution >= 0.6 is 0 Å². The lowest BCUT2D eigenvalue weighted by Crippen LogP contribution is -2.14. The average Bonchev–Trinajstić information content (AvgIpc) is 2.98. The molecule has 0 aliphatic heterocycles. The van der Waals surface area contributed by atoms with Gasteiger partial charge in [-0.05, 0) is 18.9 Å². The third kappa shape index (κ3) is 1.54. The topological polar surface area (TPSA) is 84.7 Å². The van der Waals surface area contributed by atoms with Crippen molar-refractivity contribution < 1.29 is 4.79 Å². The van der Waals surface area contributed by atoms with Gasteiger partial charge >= 0.3 is 0 Å². The Morgan fingerprint density at radius 2 is 2.38 bits per heavy atom. The van der Waals surface area contributed by atoms with Crippen LogP contribution in [0.4, 0.5) is 0 Å². The van der Waals surface area contributed by atoms with Crippen molar-refractivity contribution in [3.05, 3.63) is 23.7 Å². The van der Waals surface area contributed by atoms with Crippen LogP contribution in [-0.4, -0.2) is 21.1 Å². The average molecular weight is 216 g/mol. The van der Waals surface area contributed by atoms with Crippen LogP contribution in [0, 0.1) is 0 Å². The summed E-state index contributed by atoms with van der Waals surface area (Å²) in [4.78, 5) is 15.0. The van der Waals surface area contributed by atoms with E-state index in [1.54, 1.807) is 6.20 Å². The maximum Gasteiger partial charge on any atom is 0.223 e. The van der Waals surface area contributed by atoms with Gasteiger partial charge in [0.15, 0.2) is 0 Å². The maximum absolute atomic E-state index is 10.8. The van der Waals surface area contributed by atoms with Crippen molar-refractivity contribution in [1.82, 2.24) is 15.2 Å². The van der Waals surface area contributed by atoms with E-state index in [4.69, 9.17) is 5.73 Å². The third-order valence-electron chi connectivity index (χ3n) is 2.87. The summed E-state index contributed by atoms with van der Waals surface area (Å²) in [7, 11) is 0. The lowest BCUT2D eigenvalue weighted by molar-refractivity contribution is -0.117. The summed E-state index contributed by atoms with van der Waals surface area (Å²) in [5.41, 5.74) is 7.84. The molecule has 1 amide bonds. The lowest BCUT2D eigenvalue weighted by atomic mass is 10.1. The van der Waals surface area contributed by atoms with E-state index >= 15 is 0 Å². The van der Waals surface area contributed by atoms with E-state index in [-0.39, 0.29) is 12.3 Å². The Morgan fingerprint density at radius 3 is 3.06 bits per heavy atom. The van der Waals surface area contributed by atoms with Gasteiger partial charge in [-0.15, -0.1) is 0 Å². The minimum absolute atomic E-state index is 0.168. The van der Waals surface area contributed by atoms with E-state index in [2.05, 4.69) is 15.2 Å². The number of hydrogen-bond donors (Lipinski definition) is 2. The number of amides is 1. The van der Waals surface area contributed by atoms with Crippen LogP contribution in [0.3, 0.4) is 0 Å². The molecule has 2 aromatic rings. The second-order valence-electron chi connectivity index (χ2n) is 4.25. The van der Waals surface area contributed by atoms with Crippen LogP contribution < -0.4 is 5.73 Å². The van der Waals surface area contributed by atoms with Crippen molar-refractivity contribution in [1.29, 1.82) is 0 Å².